The Morgan fingerprint density at radius 1 is 1.50 bits per heavy atom. The highest BCUT2D eigenvalue weighted by Crippen LogP contribution is 2.28. The number of amidine groups is 1. The number of hydrogen-bond acceptors (Lipinski definition) is 3. The SMILES string of the molecule is CC1(C)CSC(Nc2ccc(Br)cc2F)=N1. The third kappa shape index (κ3) is 2.77. The monoisotopic (exact) mass is 302 g/mol. The number of halogens is 2. The molecule has 0 fully saturated rings. The lowest BCUT2D eigenvalue weighted by Gasteiger charge is -2.09. The van der Waals surface area contributed by atoms with Crippen LogP contribution < -0.4 is 5.32 Å². The zero-order valence-electron chi connectivity index (χ0n) is 9.05. The highest BCUT2D eigenvalue weighted by atomic mass is 79.9. The standard InChI is InChI=1S/C11H12BrFN2S/c1-11(2)6-16-10(15-11)14-9-4-3-7(12)5-8(9)13/h3-5H,6H2,1-2H3,(H,14,15). The Labute approximate surface area is 107 Å². The molecule has 1 aromatic rings. The van der Waals surface area contributed by atoms with Gasteiger partial charge >= 0.3 is 0 Å². The maximum Gasteiger partial charge on any atom is 0.161 e. The van der Waals surface area contributed by atoms with Crippen LogP contribution in [0.1, 0.15) is 13.8 Å². The maximum atomic E-state index is 13.5. The van der Waals surface area contributed by atoms with Crippen LogP contribution in [0.3, 0.4) is 0 Å². The molecule has 0 atom stereocenters. The average molecular weight is 303 g/mol. The molecular formula is C11H12BrFN2S. The van der Waals surface area contributed by atoms with Gasteiger partial charge < -0.3 is 5.32 Å². The Morgan fingerprint density at radius 2 is 2.25 bits per heavy atom. The molecule has 0 unspecified atom stereocenters. The number of thioether (sulfide) groups is 1. The molecule has 1 aliphatic heterocycles. The molecule has 0 amide bonds. The Bertz CT molecular complexity index is 446. The van der Waals surface area contributed by atoms with E-state index in [1.165, 1.54) is 6.07 Å². The lowest BCUT2D eigenvalue weighted by atomic mass is 10.1. The van der Waals surface area contributed by atoms with E-state index in [4.69, 9.17) is 0 Å². The molecule has 2 rings (SSSR count). The van der Waals surface area contributed by atoms with Gasteiger partial charge in [0, 0.05) is 10.2 Å². The van der Waals surface area contributed by atoms with E-state index in [-0.39, 0.29) is 11.4 Å². The van der Waals surface area contributed by atoms with E-state index in [1.54, 1.807) is 23.9 Å². The van der Waals surface area contributed by atoms with Gasteiger partial charge in [-0.3, -0.25) is 4.99 Å². The zero-order valence-corrected chi connectivity index (χ0v) is 11.5. The van der Waals surface area contributed by atoms with E-state index in [9.17, 15) is 4.39 Å². The lowest BCUT2D eigenvalue weighted by molar-refractivity contribution is 0.604. The fourth-order valence-electron chi connectivity index (χ4n) is 1.35. The van der Waals surface area contributed by atoms with Crippen molar-refractivity contribution in [1.82, 2.24) is 0 Å². The Balaban J connectivity index is 2.16. The summed E-state index contributed by atoms with van der Waals surface area (Å²) >= 11 is 4.84. The van der Waals surface area contributed by atoms with Gasteiger partial charge in [0.2, 0.25) is 0 Å². The predicted molar refractivity (Wildman–Crippen MR) is 71.7 cm³/mol. The predicted octanol–water partition coefficient (Wildman–Crippen LogP) is 3.88. The molecule has 0 bridgehead atoms. The third-order valence-corrected chi connectivity index (χ3v) is 3.95. The first kappa shape index (κ1) is 11.9. The molecule has 2 nitrogen and oxygen atoms in total. The van der Waals surface area contributed by atoms with Crippen LogP contribution in [0.4, 0.5) is 10.1 Å². The van der Waals surface area contributed by atoms with Crippen LogP contribution in [-0.4, -0.2) is 16.5 Å². The van der Waals surface area contributed by atoms with E-state index in [2.05, 4.69) is 40.1 Å². The summed E-state index contributed by atoms with van der Waals surface area (Å²) in [4.78, 5) is 4.47. The molecular weight excluding hydrogens is 291 g/mol. The minimum absolute atomic E-state index is 0.0567. The highest BCUT2D eigenvalue weighted by molar-refractivity contribution is 9.10. The molecule has 1 aliphatic rings. The second kappa shape index (κ2) is 4.37. The number of rotatable bonds is 1. The van der Waals surface area contributed by atoms with Gasteiger partial charge in [-0.1, -0.05) is 27.7 Å². The van der Waals surface area contributed by atoms with Crippen molar-refractivity contribution in [3.8, 4) is 0 Å². The van der Waals surface area contributed by atoms with Crippen LogP contribution >= 0.6 is 27.7 Å². The summed E-state index contributed by atoms with van der Waals surface area (Å²) in [6.45, 7) is 4.12. The van der Waals surface area contributed by atoms with Crippen LogP contribution in [0.15, 0.2) is 27.7 Å². The maximum absolute atomic E-state index is 13.5. The minimum Gasteiger partial charge on any atom is -0.333 e. The topological polar surface area (TPSA) is 24.4 Å². The van der Waals surface area contributed by atoms with Gasteiger partial charge in [-0.25, -0.2) is 4.39 Å². The molecule has 86 valence electrons. The number of nitrogens with zero attached hydrogens (tertiary/aromatic N) is 1. The van der Waals surface area contributed by atoms with Crippen molar-refractivity contribution in [3.63, 3.8) is 0 Å². The summed E-state index contributed by atoms with van der Waals surface area (Å²) in [5, 5.41) is 3.79. The number of benzene rings is 1. The number of anilines is 1. The fraction of sp³-hybridized carbons (Fsp3) is 0.364. The highest BCUT2D eigenvalue weighted by Gasteiger charge is 2.25. The average Bonchev–Trinajstić information content (AvgIpc) is 2.51. The smallest absolute Gasteiger partial charge is 0.161 e. The zero-order chi connectivity index (χ0) is 11.8. The quantitative estimate of drug-likeness (QED) is 0.851. The molecule has 1 N–H and O–H groups in total. The summed E-state index contributed by atoms with van der Waals surface area (Å²) in [6, 6.07) is 4.94. The number of hydrogen-bond donors (Lipinski definition) is 1. The van der Waals surface area contributed by atoms with Gasteiger partial charge in [0.05, 0.1) is 11.2 Å². The third-order valence-electron chi connectivity index (χ3n) is 2.14. The first-order chi connectivity index (χ1) is 7.46. The van der Waals surface area contributed by atoms with E-state index in [1.807, 2.05) is 0 Å². The van der Waals surface area contributed by atoms with Gasteiger partial charge in [-0.15, -0.1) is 0 Å². The molecule has 0 aromatic heterocycles. The summed E-state index contributed by atoms with van der Waals surface area (Å²) in [5.41, 5.74) is 0.408. The second-order valence-electron chi connectivity index (χ2n) is 4.27. The first-order valence-corrected chi connectivity index (χ1v) is 6.69. The van der Waals surface area contributed by atoms with Gasteiger partial charge in [0.1, 0.15) is 5.82 Å². The van der Waals surface area contributed by atoms with Crippen LogP contribution in [-0.2, 0) is 0 Å². The Kier molecular flexibility index (Phi) is 3.26. The van der Waals surface area contributed by atoms with Gasteiger partial charge in [0.25, 0.3) is 0 Å². The second-order valence-corrected chi connectivity index (χ2v) is 6.15. The van der Waals surface area contributed by atoms with Crippen molar-refractivity contribution in [3.05, 3.63) is 28.5 Å². The van der Waals surface area contributed by atoms with Gasteiger partial charge in [0.15, 0.2) is 5.17 Å². The molecule has 0 radical (unpaired) electrons. The van der Waals surface area contributed by atoms with Crippen molar-refractivity contribution >= 4 is 38.5 Å². The van der Waals surface area contributed by atoms with Crippen LogP contribution in [0, 0.1) is 5.82 Å². The molecule has 5 heteroatoms. The van der Waals surface area contributed by atoms with Crippen LogP contribution in [0.2, 0.25) is 0 Å². The van der Waals surface area contributed by atoms with Gasteiger partial charge in [-0.05, 0) is 32.0 Å². The normalized spacial score (nSPS) is 18.4. The van der Waals surface area contributed by atoms with Crippen molar-refractivity contribution in [2.75, 3.05) is 11.1 Å². The summed E-state index contributed by atoms with van der Waals surface area (Å²) < 4.78 is 14.3. The van der Waals surface area contributed by atoms with Crippen molar-refractivity contribution in [1.29, 1.82) is 0 Å². The van der Waals surface area contributed by atoms with E-state index >= 15 is 0 Å². The van der Waals surface area contributed by atoms with Crippen LogP contribution in [0.25, 0.3) is 0 Å². The van der Waals surface area contributed by atoms with Crippen LogP contribution in [0.5, 0.6) is 0 Å². The molecule has 0 saturated heterocycles. The van der Waals surface area contributed by atoms with Crippen molar-refractivity contribution in [2.24, 2.45) is 4.99 Å². The Morgan fingerprint density at radius 3 is 2.81 bits per heavy atom. The molecule has 1 heterocycles. The van der Waals surface area contributed by atoms with E-state index in [0.29, 0.717) is 5.69 Å². The molecule has 1 aromatic carbocycles. The summed E-state index contributed by atoms with van der Waals surface area (Å²) in [7, 11) is 0. The molecule has 0 spiro atoms. The van der Waals surface area contributed by atoms with Crippen molar-refractivity contribution in [2.45, 2.75) is 19.4 Å². The first-order valence-electron chi connectivity index (χ1n) is 4.91. The van der Waals surface area contributed by atoms with E-state index in [0.717, 1.165) is 15.4 Å². The summed E-state index contributed by atoms with van der Waals surface area (Å²) in [6.07, 6.45) is 0. The number of aliphatic imine (C=N–C) groups is 1. The van der Waals surface area contributed by atoms with Crippen molar-refractivity contribution < 1.29 is 4.39 Å². The lowest BCUT2D eigenvalue weighted by Crippen LogP contribution is -2.15. The largest absolute Gasteiger partial charge is 0.333 e. The molecule has 0 saturated carbocycles. The molecule has 16 heavy (non-hydrogen) atoms. The fourth-order valence-corrected chi connectivity index (χ4v) is 2.74. The summed E-state index contributed by atoms with van der Waals surface area (Å²) in [5.74, 6) is 0.649. The Hall–Kier alpha value is -0.550. The minimum atomic E-state index is -0.276. The van der Waals surface area contributed by atoms with Gasteiger partial charge in [-0.2, -0.15) is 0 Å². The van der Waals surface area contributed by atoms with E-state index < -0.39 is 0 Å². The number of nitrogens with one attached hydrogen (secondary N) is 1. The molecule has 0 aliphatic carbocycles.